The van der Waals surface area contributed by atoms with Gasteiger partial charge in [0.25, 0.3) is 0 Å². The summed E-state index contributed by atoms with van der Waals surface area (Å²) in [7, 11) is 0. The Balaban J connectivity index is 1.89. The van der Waals surface area contributed by atoms with Gasteiger partial charge in [0.05, 0.1) is 5.41 Å². The van der Waals surface area contributed by atoms with Crippen molar-refractivity contribution in [2.75, 3.05) is 13.1 Å². The molecule has 0 aromatic carbocycles. The predicted molar refractivity (Wildman–Crippen MR) is 67.1 cm³/mol. The van der Waals surface area contributed by atoms with Gasteiger partial charge in [-0.25, -0.2) is 0 Å². The van der Waals surface area contributed by atoms with Crippen LogP contribution in [0.4, 0.5) is 0 Å². The van der Waals surface area contributed by atoms with Gasteiger partial charge in [0.15, 0.2) is 0 Å². The summed E-state index contributed by atoms with van der Waals surface area (Å²) in [4.78, 5) is 4.54. The molecule has 0 radical (unpaired) electrons. The fourth-order valence-electron chi connectivity index (χ4n) is 2.22. The van der Waals surface area contributed by atoms with Crippen molar-refractivity contribution < 1.29 is 4.52 Å². The van der Waals surface area contributed by atoms with Crippen molar-refractivity contribution in [2.24, 2.45) is 0 Å². The average molecular weight is 249 g/mol. The largest absolute Gasteiger partial charge is 0.338 e. The molecule has 0 amide bonds. The lowest BCUT2D eigenvalue weighted by Crippen LogP contribution is -2.41. The first-order valence-electron chi connectivity index (χ1n) is 5.85. The molecular weight excluding hydrogens is 234 g/mol. The zero-order valence-electron chi connectivity index (χ0n) is 9.77. The minimum Gasteiger partial charge on any atom is -0.338 e. The molecule has 3 rings (SSSR count). The first-order valence-corrected chi connectivity index (χ1v) is 6.80. The van der Waals surface area contributed by atoms with Crippen LogP contribution >= 0.6 is 11.3 Å². The molecule has 0 aliphatic carbocycles. The van der Waals surface area contributed by atoms with Crippen LogP contribution in [0.3, 0.4) is 0 Å². The van der Waals surface area contributed by atoms with E-state index in [9.17, 15) is 0 Å². The molecule has 0 saturated carbocycles. The molecular formula is C12H15N3OS. The standard InChI is InChI=1S/C12H15N3OS/c1-12(4-2-5-13-8-12)11-14-10(15-16-11)9-3-6-17-7-9/h3,6-7,13H,2,4-5,8H2,1H3. The quantitative estimate of drug-likeness (QED) is 0.888. The van der Waals surface area contributed by atoms with Gasteiger partial charge in [-0.2, -0.15) is 16.3 Å². The van der Waals surface area contributed by atoms with Crippen LogP contribution in [-0.2, 0) is 5.41 Å². The Morgan fingerprint density at radius 1 is 1.53 bits per heavy atom. The summed E-state index contributed by atoms with van der Waals surface area (Å²) in [5.41, 5.74) is 1.02. The lowest BCUT2D eigenvalue weighted by molar-refractivity contribution is 0.245. The van der Waals surface area contributed by atoms with Crippen molar-refractivity contribution in [3.63, 3.8) is 0 Å². The zero-order valence-corrected chi connectivity index (χ0v) is 10.6. The summed E-state index contributed by atoms with van der Waals surface area (Å²) in [5.74, 6) is 1.46. The van der Waals surface area contributed by atoms with E-state index in [1.807, 2.05) is 16.8 Å². The second-order valence-electron chi connectivity index (χ2n) is 4.78. The molecule has 0 bridgehead atoms. The van der Waals surface area contributed by atoms with E-state index in [4.69, 9.17) is 4.52 Å². The van der Waals surface area contributed by atoms with E-state index in [0.29, 0.717) is 5.82 Å². The van der Waals surface area contributed by atoms with Crippen molar-refractivity contribution in [1.29, 1.82) is 0 Å². The highest BCUT2D eigenvalue weighted by molar-refractivity contribution is 7.08. The molecule has 2 aromatic rings. The zero-order chi connectivity index (χ0) is 11.7. The third-order valence-electron chi connectivity index (χ3n) is 3.32. The second kappa shape index (κ2) is 4.23. The van der Waals surface area contributed by atoms with Crippen LogP contribution in [0.2, 0.25) is 0 Å². The van der Waals surface area contributed by atoms with E-state index < -0.39 is 0 Å². The van der Waals surface area contributed by atoms with Crippen LogP contribution < -0.4 is 5.32 Å². The number of hydrogen-bond donors (Lipinski definition) is 1. The molecule has 3 heterocycles. The minimum absolute atomic E-state index is 0.0144. The Morgan fingerprint density at radius 3 is 3.18 bits per heavy atom. The fraction of sp³-hybridized carbons (Fsp3) is 0.500. The molecule has 1 N–H and O–H groups in total. The number of nitrogens with one attached hydrogen (secondary N) is 1. The Morgan fingerprint density at radius 2 is 2.47 bits per heavy atom. The van der Waals surface area contributed by atoms with Gasteiger partial charge in [-0.3, -0.25) is 0 Å². The maximum Gasteiger partial charge on any atom is 0.234 e. The maximum absolute atomic E-state index is 5.43. The van der Waals surface area contributed by atoms with Gasteiger partial charge in [0.2, 0.25) is 11.7 Å². The molecule has 1 fully saturated rings. The van der Waals surface area contributed by atoms with Gasteiger partial charge in [-0.15, -0.1) is 0 Å². The van der Waals surface area contributed by atoms with E-state index in [0.717, 1.165) is 37.4 Å². The van der Waals surface area contributed by atoms with Gasteiger partial charge in [-0.1, -0.05) is 5.16 Å². The third kappa shape index (κ3) is 2.00. The predicted octanol–water partition coefficient (Wildman–Crippen LogP) is 2.44. The van der Waals surface area contributed by atoms with Gasteiger partial charge in [0.1, 0.15) is 0 Å². The number of hydrogen-bond acceptors (Lipinski definition) is 5. The Hall–Kier alpha value is -1.20. The third-order valence-corrected chi connectivity index (χ3v) is 4.00. The number of thiophene rings is 1. The summed E-state index contributed by atoms with van der Waals surface area (Å²) in [6.07, 6.45) is 2.26. The number of aromatic nitrogens is 2. The molecule has 4 nitrogen and oxygen atoms in total. The number of piperidine rings is 1. The highest BCUT2D eigenvalue weighted by Gasteiger charge is 2.34. The van der Waals surface area contributed by atoms with Crippen molar-refractivity contribution in [3.8, 4) is 11.4 Å². The molecule has 90 valence electrons. The molecule has 1 aliphatic rings. The highest BCUT2D eigenvalue weighted by atomic mass is 32.1. The molecule has 1 aliphatic heterocycles. The van der Waals surface area contributed by atoms with Crippen molar-refractivity contribution in [1.82, 2.24) is 15.5 Å². The van der Waals surface area contributed by atoms with Crippen LogP contribution in [0.15, 0.2) is 21.3 Å². The molecule has 1 saturated heterocycles. The monoisotopic (exact) mass is 249 g/mol. The molecule has 5 heteroatoms. The fourth-order valence-corrected chi connectivity index (χ4v) is 2.85. The summed E-state index contributed by atoms with van der Waals surface area (Å²) >= 11 is 1.64. The van der Waals surface area contributed by atoms with Gasteiger partial charge in [-0.05, 0) is 37.8 Å². The van der Waals surface area contributed by atoms with Gasteiger partial charge < -0.3 is 9.84 Å². The van der Waals surface area contributed by atoms with Crippen LogP contribution in [0.1, 0.15) is 25.7 Å². The van der Waals surface area contributed by atoms with E-state index in [2.05, 4.69) is 22.4 Å². The lowest BCUT2D eigenvalue weighted by atomic mass is 9.83. The summed E-state index contributed by atoms with van der Waals surface area (Å²) in [6, 6.07) is 2.01. The SMILES string of the molecule is CC1(c2nc(-c3ccsc3)no2)CCCNC1. The minimum atomic E-state index is -0.0144. The van der Waals surface area contributed by atoms with Gasteiger partial charge >= 0.3 is 0 Å². The van der Waals surface area contributed by atoms with E-state index in [-0.39, 0.29) is 5.41 Å². The lowest BCUT2D eigenvalue weighted by Gasteiger charge is -2.30. The molecule has 2 aromatic heterocycles. The first-order chi connectivity index (χ1) is 8.28. The Kier molecular flexibility index (Phi) is 2.72. The maximum atomic E-state index is 5.43. The van der Waals surface area contributed by atoms with Gasteiger partial charge in [0, 0.05) is 17.5 Å². The van der Waals surface area contributed by atoms with Crippen LogP contribution in [0, 0.1) is 0 Å². The molecule has 1 unspecified atom stereocenters. The Labute approximate surface area is 104 Å². The normalized spacial score (nSPS) is 25.0. The first kappa shape index (κ1) is 10.9. The van der Waals surface area contributed by atoms with Crippen LogP contribution in [0.5, 0.6) is 0 Å². The Bertz CT molecular complexity index is 486. The van der Waals surface area contributed by atoms with Crippen LogP contribution in [-0.4, -0.2) is 23.2 Å². The average Bonchev–Trinajstić information content (AvgIpc) is 3.01. The van der Waals surface area contributed by atoms with Crippen molar-refractivity contribution in [3.05, 3.63) is 22.7 Å². The summed E-state index contributed by atoms with van der Waals surface area (Å²) < 4.78 is 5.43. The van der Waals surface area contributed by atoms with E-state index >= 15 is 0 Å². The van der Waals surface area contributed by atoms with Crippen molar-refractivity contribution in [2.45, 2.75) is 25.2 Å². The topological polar surface area (TPSA) is 51.0 Å². The number of rotatable bonds is 2. The summed E-state index contributed by atoms with van der Waals surface area (Å²) in [5, 5.41) is 11.5. The summed E-state index contributed by atoms with van der Waals surface area (Å²) in [6.45, 7) is 4.18. The second-order valence-corrected chi connectivity index (χ2v) is 5.56. The van der Waals surface area contributed by atoms with Crippen LogP contribution in [0.25, 0.3) is 11.4 Å². The molecule has 1 atom stereocenters. The number of nitrogens with zero attached hydrogens (tertiary/aromatic N) is 2. The molecule has 17 heavy (non-hydrogen) atoms. The van der Waals surface area contributed by atoms with E-state index in [1.54, 1.807) is 11.3 Å². The smallest absolute Gasteiger partial charge is 0.234 e. The molecule has 0 spiro atoms. The highest BCUT2D eigenvalue weighted by Crippen LogP contribution is 2.31. The van der Waals surface area contributed by atoms with E-state index in [1.165, 1.54) is 0 Å². The van der Waals surface area contributed by atoms with Crippen molar-refractivity contribution >= 4 is 11.3 Å².